The van der Waals surface area contributed by atoms with E-state index in [1.165, 1.54) is 5.56 Å². The number of benzene rings is 2. The van der Waals surface area contributed by atoms with Gasteiger partial charge in [-0.05, 0) is 43.7 Å². The number of nitrogens with one attached hydrogen (secondary N) is 1. The highest BCUT2D eigenvalue weighted by Crippen LogP contribution is 2.34. The lowest BCUT2D eigenvalue weighted by molar-refractivity contribution is 0.102. The summed E-state index contributed by atoms with van der Waals surface area (Å²) in [6.07, 6.45) is 0. The summed E-state index contributed by atoms with van der Waals surface area (Å²) in [6.45, 7) is 5.11. The Kier molecular flexibility index (Phi) is 5.29. The van der Waals surface area contributed by atoms with E-state index in [1.807, 2.05) is 24.3 Å². The predicted octanol–water partition coefficient (Wildman–Crippen LogP) is 3.87. The highest BCUT2D eigenvalue weighted by atomic mass is 16.7. The Morgan fingerprint density at radius 3 is 2.55 bits per heavy atom. The number of carbonyl (C=O) groups is 1. The lowest BCUT2D eigenvalue weighted by atomic mass is 10.2. The smallest absolute Gasteiger partial charge is 0.276 e. The maximum Gasteiger partial charge on any atom is 0.276 e. The number of aromatic nitrogens is 2. The molecule has 148 valence electrons. The number of anilines is 2. The fraction of sp³-hybridized carbons (Fsp3) is 0.227. The number of fused-ring (bicyclic) bond motifs is 1. The van der Waals surface area contributed by atoms with E-state index in [0.29, 0.717) is 17.2 Å². The van der Waals surface area contributed by atoms with Gasteiger partial charge in [0.05, 0.1) is 0 Å². The predicted molar refractivity (Wildman–Crippen MR) is 110 cm³/mol. The van der Waals surface area contributed by atoms with Gasteiger partial charge in [0.15, 0.2) is 23.0 Å². The Bertz CT molecular complexity index is 991. The number of nitrogens with zero attached hydrogens (tertiary/aromatic N) is 3. The zero-order chi connectivity index (χ0) is 20.2. The molecule has 7 nitrogen and oxygen atoms in total. The lowest BCUT2D eigenvalue weighted by Crippen LogP contribution is -2.31. The fourth-order valence-corrected chi connectivity index (χ4v) is 3.08. The third-order valence-corrected chi connectivity index (χ3v) is 4.63. The molecule has 0 aliphatic carbocycles. The number of carbonyl (C=O) groups excluding carboxylic acids is 1. The second-order valence-corrected chi connectivity index (χ2v) is 7.01. The molecule has 4 rings (SSSR count). The largest absolute Gasteiger partial charge is 0.454 e. The molecule has 0 spiro atoms. The van der Waals surface area contributed by atoms with Crippen LogP contribution >= 0.6 is 0 Å². The van der Waals surface area contributed by atoms with E-state index in [9.17, 15) is 4.79 Å². The minimum absolute atomic E-state index is 0.189. The second-order valence-electron chi connectivity index (χ2n) is 7.01. The first-order valence-electron chi connectivity index (χ1n) is 9.45. The van der Waals surface area contributed by atoms with E-state index in [2.05, 4.69) is 46.4 Å². The van der Waals surface area contributed by atoms with Crippen molar-refractivity contribution in [2.24, 2.45) is 0 Å². The number of rotatable bonds is 6. The van der Waals surface area contributed by atoms with Gasteiger partial charge in [0, 0.05) is 24.3 Å². The van der Waals surface area contributed by atoms with Crippen LogP contribution in [-0.2, 0) is 6.54 Å². The monoisotopic (exact) mass is 390 g/mol. The standard InChI is InChI=1S/C22H22N4O3/c1-15(2)26(13-16-6-4-3-5-7-16)21-11-9-18(24-25-21)22(27)23-17-8-10-19-20(12-17)29-14-28-19/h3-12,15H,13-14H2,1-2H3,(H,23,27). The molecular weight excluding hydrogens is 368 g/mol. The Morgan fingerprint density at radius 1 is 1.03 bits per heavy atom. The maximum absolute atomic E-state index is 12.5. The van der Waals surface area contributed by atoms with Crippen LogP contribution in [0.4, 0.5) is 11.5 Å². The summed E-state index contributed by atoms with van der Waals surface area (Å²) in [5.74, 6) is 1.67. The highest BCUT2D eigenvalue weighted by molar-refractivity contribution is 6.03. The molecule has 7 heteroatoms. The van der Waals surface area contributed by atoms with Crippen LogP contribution in [0, 0.1) is 0 Å². The molecule has 3 aromatic rings. The Morgan fingerprint density at radius 2 is 1.83 bits per heavy atom. The van der Waals surface area contributed by atoms with E-state index in [0.717, 1.165) is 12.4 Å². The molecule has 2 heterocycles. The topological polar surface area (TPSA) is 76.6 Å². The van der Waals surface area contributed by atoms with Crippen LogP contribution in [0.5, 0.6) is 11.5 Å². The second kappa shape index (κ2) is 8.18. The van der Waals surface area contributed by atoms with Crippen LogP contribution in [0.1, 0.15) is 29.9 Å². The molecule has 0 fully saturated rings. The summed E-state index contributed by atoms with van der Waals surface area (Å²) >= 11 is 0. The third-order valence-electron chi connectivity index (χ3n) is 4.63. The normalized spacial score (nSPS) is 12.1. The fourth-order valence-electron chi connectivity index (χ4n) is 3.08. The Labute approximate surface area is 169 Å². The van der Waals surface area contributed by atoms with Crippen molar-refractivity contribution in [3.05, 3.63) is 71.9 Å². The van der Waals surface area contributed by atoms with Gasteiger partial charge < -0.3 is 19.7 Å². The third kappa shape index (κ3) is 4.29. The zero-order valence-electron chi connectivity index (χ0n) is 16.3. The molecule has 1 amide bonds. The summed E-state index contributed by atoms with van der Waals surface area (Å²) in [5.41, 5.74) is 2.04. The molecular formula is C22H22N4O3. The van der Waals surface area contributed by atoms with Crippen molar-refractivity contribution in [2.75, 3.05) is 17.0 Å². The quantitative estimate of drug-likeness (QED) is 0.688. The molecule has 1 aliphatic heterocycles. The van der Waals surface area contributed by atoms with E-state index < -0.39 is 0 Å². The Balaban J connectivity index is 1.46. The number of hydrogen-bond acceptors (Lipinski definition) is 6. The molecule has 0 saturated heterocycles. The summed E-state index contributed by atoms with van der Waals surface area (Å²) in [6, 6.07) is 19.2. The molecule has 1 aliphatic rings. The maximum atomic E-state index is 12.5. The summed E-state index contributed by atoms with van der Waals surface area (Å²) in [5, 5.41) is 11.2. The lowest BCUT2D eigenvalue weighted by Gasteiger charge is -2.27. The van der Waals surface area contributed by atoms with Gasteiger partial charge in [-0.15, -0.1) is 10.2 Å². The van der Waals surface area contributed by atoms with Gasteiger partial charge >= 0.3 is 0 Å². The average molecular weight is 390 g/mol. The van der Waals surface area contributed by atoms with Gasteiger partial charge in [0.1, 0.15) is 0 Å². The van der Waals surface area contributed by atoms with E-state index >= 15 is 0 Å². The van der Waals surface area contributed by atoms with Crippen LogP contribution in [-0.4, -0.2) is 28.9 Å². The van der Waals surface area contributed by atoms with Crippen LogP contribution in [0.2, 0.25) is 0 Å². The van der Waals surface area contributed by atoms with Crippen LogP contribution in [0.15, 0.2) is 60.7 Å². The number of amides is 1. The first-order chi connectivity index (χ1) is 14.1. The summed E-state index contributed by atoms with van der Waals surface area (Å²) in [4.78, 5) is 14.7. The molecule has 0 bridgehead atoms. The van der Waals surface area contributed by atoms with Crippen molar-refractivity contribution >= 4 is 17.4 Å². The molecule has 0 unspecified atom stereocenters. The van der Waals surface area contributed by atoms with Crippen LogP contribution in [0.25, 0.3) is 0 Å². The first kappa shape index (κ1) is 18.7. The summed E-state index contributed by atoms with van der Waals surface area (Å²) < 4.78 is 10.6. The molecule has 1 aromatic heterocycles. The molecule has 2 aromatic carbocycles. The van der Waals surface area contributed by atoms with Crippen molar-refractivity contribution in [3.63, 3.8) is 0 Å². The van der Waals surface area contributed by atoms with E-state index in [-0.39, 0.29) is 24.4 Å². The molecule has 0 radical (unpaired) electrons. The molecule has 0 atom stereocenters. The van der Waals surface area contributed by atoms with Crippen LogP contribution < -0.4 is 19.7 Å². The van der Waals surface area contributed by atoms with Crippen LogP contribution in [0.3, 0.4) is 0 Å². The average Bonchev–Trinajstić information content (AvgIpc) is 3.20. The van der Waals surface area contributed by atoms with Gasteiger partial charge in [-0.3, -0.25) is 4.79 Å². The van der Waals surface area contributed by atoms with E-state index in [1.54, 1.807) is 24.3 Å². The van der Waals surface area contributed by atoms with Gasteiger partial charge in [-0.25, -0.2) is 0 Å². The zero-order valence-corrected chi connectivity index (χ0v) is 16.3. The van der Waals surface area contributed by atoms with Crippen molar-refractivity contribution in [1.82, 2.24) is 10.2 Å². The first-order valence-corrected chi connectivity index (χ1v) is 9.45. The molecule has 29 heavy (non-hydrogen) atoms. The van der Waals surface area contributed by atoms with Gasteiger partial charge in [-0.2, -0.15) is 0 Å². The minimum atomic E-state index is -0.331. The summed E-state index contributed by atoms with van der Waals surface area (Å²) in [7, 11) is 0. The highest BCUT2D eigenvalue weighted by Gasteiger charge is 2.17. The molecule has 1 N–H and O–H groups in total. The van der Waals surface area contributed by atoms with Crippen molar-refractivity contribution in [1.29, 1.82) is 0 Å². The molecule has 0 saturated carbocycles. The Hall–Kier alpha value is -3.61. The number of ether oxygens (including phenoxy) is 2. The van der Waals surface area contributed by atoms with Gasteiger partial charge in [-0.1, -0.05) is 30.3 Å². The SMILES string of the molecule is CC(C)N(Cc1ccccc1)c1ccc(C(=O)Nc2ccc3c(c2)OCO3)nn1. The van der Waals surface area contributed by atoms with Crippen molar-refractivity contribution in [3.8, 4) is 11.5 Å². The van der Waals surface area contributed by atoms with Crippen molar-refractivity contribution < 1.29 is 14.3 Å². The number of hydrogen-bond donors (Lipinski definition) is 1. The van der Waals surface area contributed by atoms with E-state index in [4.69, 9.17) is 9.47 Å². The minimum Gasteiger partial charge on any atom is -0.454 e. The van der Waals surface area contributed by atoms with Gasteiger partial charge in [0.2, 0.25) is 6.79 Å². The van der Waals surface area contributed by atoms with Crippen molar-refractivity contribution in [2.45, 2.75) is 26.4 Å². The van der Waals surface area contributed by atoms with Gasteiger partial charge in [0.25, 0.3) is 5.91 Å².